The van der Waals surface area contributed by atoms with Crippen LogP contribution >= 0.6 is 15.9 Å². The molecule has 0 bridgehead atoms. The van der Waals surface area contributed by atoms with Crippen molar-refractivity contribution in [2.75, 3.05) is 40.3 Å². The lowest BCUT2D eigenvalue weighted by Gasteiger charge is -2.29. The fraction of sp³-hybridized carbons (Fsp3) is 0.714. The maximum atomic E-state index is 12.6. The lowest BCUT2D eigenvalue weighted by atomic mass is 10.1. The summed E-state index contributed by atoms with van der Waals surface area (Å²) in [5, 5.41) is 4.30. The van der Waals surface area contributed by atoms with Gasteiger partial charge in [0.1, 0.15) is 5.69 Å². The highest BCUT2D eigenvalue weighted by Gasteiger charge is 2.22. The van der Waals surface area contributed by atoms with E-state index in [1.54, 1.807) is 10.9 Å². The molecule has 0 amide bonds. The predicted molar refractivity (Wildman–Crippen MR) is 86.5 cm³/mol. The molecule has 6 nitrogen and oxygen atoms in total. The van der Waals surface area contributed by atoms with E-state index in [1.807, 2.05) is 14.1 Å². The number of ketones is 1. The molecule has 0 saturated carbocycles. The van der Waals surface area contributed by atoms with Gasteiger partial charge < -0.3 is 10.6 Å². The van der Waals surface area contributed by atoms with Gasteiger partial charge in [-0.15, -0.1) is 0 Å². The van der Waals surface area contributed by atoms with E-state index in [-0.39, 0.29) is 11.8 Å². The zero-order chi connectivity index (χ0) is 15.4. The first-order chi connectivity index (χ1) is 9.97. The van der Waals surface area contributed by atoms with Gasteiger partial charge in [0.2, 0.25) is 0 Å². The Labute approximate surface area is 134 Å². The molecule has 1 aliphatic rings. The second-order valence-electron chi connectivity index (χ2n) is 5.90. The quantitative estimate of drug-likeness (QED) is 0.763. The summed E-state index contributed by atoms with van der Waals surface area (Å²) >= 11 is 3.44. The Morgan fingerprint density at radius 2 is 2.14 bits per heavy atom. The van der Waals surface area contributed by atoms with Gasteiger partial charge in [0.05, 0.1) is 23.8 Å². The van der Waals surface area contributed by atoms with Crippen LogP contribution in [-0.4, -0.2) is 71.7 Å². The maximum Gasteiger partial charge on any atom is 0.195 e. The van der Waals surface area contributed by atoms with Crippen LogP contribution in [0.4, 0.5) is 0 Å². The second-order valence-corrected chi connectivity index (χ2v) is 6.76. The molecular weight excluding hydrogens is 334 g/mol. The van der Waals surface area contributed by atoms with Gasteiger partial charge in [-0.2, -0.15) is 5.10 Å². The topological polar surface area (TPSA) is 67.4 Å². The zero-order valence-corrected chi connectivity index (χ0v) is 14.3. The van der Waals surface area contributed by atoms with Crippen molar-refractivity contribution in [3.63, 3.8) is 0 Å². The molecule has 21 heavy (non-hydrogen) atoms. The van der Waals surface area contributed by atoms with E-state index in [2.05, 4.69) is 30.8 Å². The molecule has 0 spiro atoms. The summed E-state index contributed by atoms with van der Waals surface area (Å²) in [6.45, 7) is 3.81. The minimum absolute atomic E-state index is 0.119. The molecule has 1 saturated heterocycles. The molecular formula is C14H24BrN5O. The normalized spacial score (nSPS) is 17.6. The van der Waals surface area contributed by atoms with Gasteiger partial charge in [-0.05, 0) is 42.9 Å². The van der Waals surface area contributed by atoms with Gasteiger partial charge in [-0.3, -0.25) is 14.4 Å². The SMILES string of the molecule is CN(C)CCn1ncc(Br)c1C(=O)CN1CCC(N)CC1. The number of aromatic nitrogens is 2. The van der Waals surface area contributed by atoms with Crippen LogP contribution in [0.25, 0.3) is 0 Å². The van der Waals surface area contributed by atoms with Crippen LogP contribution in [0, 0.1) is 0 Å². The number of nitrogens with two attached hydrogens (primary N) is 1. The highest BCUT2D eigenvalue weighted by Crippen LogP contribution is 2.18. The van der Waals surface area contributed by atoms with Crippen molar-refractivity contribution in [2.45, 2.75) is 25.4 Å². The third-order valence-corrected chi connectivity index (χ3v) is 4.40. The number of Topliss-reactive ketones (excluding diaryl/α,β-unsaturated/α-hetero) is 1. The fourth-order valence-electron chi connectivity index (χ4n) is 2.49. The molecule has 1 fully saturated rings. The summed E-state index contributed by atoms with van der Waals surface area (Å²) in [6, 6.07) is 0.286. The number of halogens is 1. The Kier molecular flexibility index (Phi) is 5.92. The van der Waals surface area contributed by atoms with Crippen LogP contribution in [0.2, 0.25) is 0 Å². The smallest absolute Gasteiger partial charge is 0.195 e. The molecule has 0 aromatic carbocycles. The predicted octanol–water partition coefficient (Wildman–Crippen LogP) is 0.813. The van der Waals surface area contributed by atoms with Gasteiger partial charge in [-0.1, -0.05) is 0 Å². The van der Waals surface area contributed by atoms with E-state index in [4.69, 9.17) is 5.73 Å². The van der Waals surface area contributed by atoms with Gasteiger partial charge in [-0.25, -0.2) is 0 Å². The van der Waals surface area contributed by atoms with Gasteiger partial charge in [0, 0.05) is 25.7 Å². The van der Waals surface area contributed by atoms with Gasteiger partial charge in [0.25, 0.3) is 0 Å². The molecule has 2 heterocycles. The van der Waals surface area contributed by atoms with Crippen molar-refractivity contribution in [1.29, 1.82) is 0 Å². The molecule has 7 heteroatoms. The minimum Gasteiger partial charge on any atom is -0.328 e. The average Bonchev–Trinajstić information content (AvgIpc) is 2.80. The summed E-state index contributed by atoms with van der Waals surface area (Å²) < 4.78 is 2.57. The number of piperidine rings is 1. The Balaban J connectivity index is 1.99. The molecule has 0 aliphatic carbocycles. The molecule has 1 aromatic heterocycles. The Hall–Kier alpha value is -0.760. The third-order valence-electron chi connectivity index (χ3n) is 3.82. The van der Waals surface area contributed by atoms with Crippen LogP contribution in [0.3, 0.4) is 0 Å². The summed E-state index contributed by atoms with van der Waals surface area (Å²) in [5.74, 6) is 0.119. The van der Waals surface area contributed by atoms with Gasteiger partial charge in [0.15, 0.2) is 5.78 Å². The standard InChI is InChI=1S/C14H24BrN5O/c1-18(2)7-8-20-14(12(15)9-17-20)13(21)10-19-5-3-11(16)4-6-19/h9,11H,3-8,10,16H2,1-2H3. The van der Waals surface area contributed by atoms with Crippen molar-refractivity contribution in [1.82, 2.24) is 19.6 Å². The summed E-state index contributed by atoms with van der Waals surface area (Å²) in [5.41, 5.74) is 6.57. The number of carbonyl (C=O) groups is 1. The number of carbonyl (C=O) groups excluding carboxylic acids is 1. The van der Waals surface area contributed by atoms with Gasteiger partial charge >= 0.3 is 0 Å². The monoisotopic (exact) mass is 357 g/mol. The van der Waals surface area contributed by atoms with Crippen molar-refractivity contribution < 1.29 is 4.79 Å². The summed E-state index contributed by atoms with van der Waals surface area (Å²) in [6.07, 6.45) is 3.64. The second kappa shape index (κ2) is 7.49. The van der Waals surface area contributed by atoms with E-state index < -0.39 is 0 Å². The van der Waals surface area contributed by atoms with Crippen molar-refractivity contribution in [2.24, 2.45) is 5.73 Å². The molecule has 0 unspecified atom stereocenters. The first-order valence-corrected chi connectivity index (χ1v) is 8.14. The van der Waals surface area contributed by atoms with Crippen LogP contribution in [0.5, 0.6) is 0 Å². The Morgan fingerprint density at radius 1 is 1.48 bits per heavy atom. The Morgan fingerprint density at radius 3 is 2.76 bits per heavy atom. The van der Waals surface area contributed by atoms with Crippen molar-refractivity contribution >= 4 is 21.7 Å². The average molecular weight is 358 g/mol. The number of likely N-dealkylation sites (tertiary alicyclic amines) is 1. The first-order valence-electron chi connectivity index (χ1n) is 7.34. The van der Waals surface area contributed by atoms with E-state index in [0.717, 1.165) is 36.9 Å². The largest absolute Gasteiger partial charge is 0.328 e. The summed E-state index contributed by atoms with van der Waals surface area (Å²) in [7, 11) is 4.02. The number of hydrogen-bond donors (Lipinski definition) is 1. The third kappa shape index (κ3) is 4.60. The Bertz CT molecular complexity index is 480. The molecule has 2 N–H and O–H groups in total. The highest BCUT2D eigenvalue weighted by atomic mass is 79.9. The van der Waals surface area contributed by atoms with E-state index in [1.165, 1.54) is 0 Å². The molecule has 1 aromatic rings. The number of nitrogens with zero attached hydrogens (tertiary/aromatic N) is 4. The van der Waals surface area contributed by atoms with Crippen LogP contribution in [0.15, 0.2) is 10.7 Å². The first kappa shape index (κ1) is 16.6. The van der Waals surface area contributed by atoms with E-state index >= 15 is 0 Å². The number of hydrogen-bond acceptors (Lipinski definition) is 5. The maximum absolute atomic E-state index is 12.6. The zero-order valence-electron chi connectivity index (χ0n) is 12.8. The fourth-order valence-corrected chi connectivity index (χ4v) is 3.01. The minimum atomic E-state index is 0.119. The van der Waals surface area contributed by atoms with Crippen LogP contribution in [0.1, 0.15) is 23.3 Å². The lowest BCUT2D eigenvalue weighted by molar-refractivity contribution is 0.0897. The van der Waals surface area contributed by atoms with E-state index in [9.17, 15) is 4.79 Å². The van der Waals surface area contributed by atoms with E-state index in [0.29, 0.717) is 18.8 Å². The molecule has 118 valence electrons. The van der Waals surface area contributed by atoms with Crippen LogP contribution < -0.4 is 5.73 Å². The van der Waals surface area contributed by atoms with Crippen molar-refractivity contribution in [3.8, 4) is 0 Å². The van der Waals surface area contributed by atoms with Crippen molar-refractivity contribution in [3.05, 3.63) is 16.4 Å². The number of rotatable bonds is 6. The molecule has 0 atom stereocenters. The number of likely N-dealkylation sites (N-methyl/N-ethyl adjacent to an activating group) is 1. The molecule has 1 aliphatic heterocycles. The lowest BCUT2D eigenvalue weighted by Crippen LogP contribution is -2.42. The molecule has 2 rings (SSSR count). The highest BCUT2D eigenvalue weighted by molar-refractivity contribution is 9.10. The summed E-state index contributed by atoms with van der Waals surface area (Å²) in [4.78, 5) is 16.8. The van der Waals surface area contributed by atoms with Crippen LogP contribution in [-0.2, 0) is 6.54 Å². The molecule has 0 radical (unpaired) electrons.